The molecule has 6 atom stereocenters. The SMILES string of the molecule is C[C@H](O)[C@@H](N)[C@@H]1O[C@](O)(C(=O)O)C[C@H](O)[C@H]1N. The largest absolute Gasteiger partial charge is 0.477 e. The third-order valence-corrected chi connectivity index (χ3v) is 2.91. The van der Waals surface area contributed by atoms with Crippen LogP contribution in [-0.2, 0) is 9.53 Å². The molecular weight excluding hydrogens is 232 g/mol. The van der Waals surface area contributed by atoms with Crippen LogP contribution in [0.1, 0.15) is 13.3 Å². The summed E-state index contributed by atoms with van der Waals surface area (Å²) in [7, 11) is 0. The van der Waals surface area contributed by atoms with Gasteiger partial charge in [0.05, 0.1) is 30.4 Å². The van der Waals surface area contributed by atoms with Gasteiger partial charge in [-0.05, 0) is 6.92 Å². The van der Waals surface area contributed by atoms with Crippen molar-refractivity contribution in [3.05, 3.63) is 0 Å². The maximum absolute atomic E-state index is 10.8. The van der Waals surface area contributed by atoms with Crippen molar-refractivity contribution in [2.45, 2.75) is 49.5 Å². The van der Waals surface area contributed by atoms with E-state index >= 15 is 0 Å². The molecule has 0 amide bonds. The van der Waals surface area contributed by atoms with E-state index in [0.717, 1.165) is 0 Å². The van der Waals surface area contributed by atoms with E-state index in [0.29, 0.717) is 0 Å². The van der Waals surface area contributed by atoms with Gasteiger partial charge in [-0.2, -0.15) is 0 Å². The van der Waals surface area contributed by atoms with Crippen LogP contribution in [-0.4, -0.2) is 62.6 Å². The number of nitrogens with two attached hydrogens (primary N) is 2. The lowest BCUT2D eigenvalue weighted by atomic mass is 9.89. The van der Waals surface area contributed by atoms with E-state index in [1.54, 1.807) is 0 Å². The molecule has 1 aliphatic heterocycles. The van der Waals surface area contributed by atoms with E-state index < -0.39 is 48.6 Å². The second-order valence-electron chi connectivity index (χ2n) is 4.34. The summed E-state index contributed by atoms with van der Waals surface area (Å²) in [6.07, 6.45) is -4.00. The molecule has 1 fully saturated rings. The molecule has 0 spiro atoms. The van der Waals surface area contributed by atoms with Gasteiger partial charge >= 0.3 is 5.97 Å². The summed E-state index contributed by atoms with van der Waals surface area (Å²) < 4.78 is 4.93. The summed E-state index contributed by atoms with van der Waals surface area (Å²) in [5, 5.41) is 37.4. The van der Waals surface area contributed by atoms with E-state index in [4.69, 9.17) is 21.3 Å². The van der Waals surface area contributed by atoms with Crippen LogP contribution >= 0.6 is 0 Å². The third-order valence-electron chi connectivity index (χ3n) is 2.91. The fourth-order valence-electron chi connectivity index (χ4n) is 1.74. The maximum Gasteiger partial charge on any atom is 0.364 e. The minimum atomic E-state index is -2.54. The number of aliphatic hydroxyl groups is 3. The van der Waals surface area contributed by atoms with Crippen LogP contribution in [0.15, 0.2) is 0 Å². The Labute approximate surface area is 97.8 Å². The highest BCUT2D eigenvalue weighted by Gasteiger charge is 2.51. The van der Waals surface area contributed by atoms with Crippen molar-refractivity contribution in [1.29, 1.82) is 0 Å². The molecule has 100 valence electrons. The second-order valence-corrected chi connectivity index (χ2v) is 4.34. The van der Waals surface area contributed by atoms with Crippen LogP contribution in [0, 0.1) is 0 Å². The average Bonchev–Trinajstić information content (AvgIpc) is 2.22. The second kappa shape index (κ2) is 4.84. The van der Waals surface area contributed by atoms with Crippen LogP contribution < -0.4 is 11.5 Å². The number of hydrogen-bond donors (Lipinski definition) is 6. The molecule has 8 nitrogen and oxygen atoms in total. The van der Waals surface area contributed by atoms with Gasteiger partial charge in [-0.3, -0.25) is 0 Å². The highest BCUT2D eigenvalue weighted by molar-refractivity contribution is 5.75. The Balaban J connectivity index is 2.93. The Morgan fingerprint density at radius 3 is 2.53 bits per heavy atom. The quantitative estimate of drug-likeness (QED) is 0.308. The Morgan fingerprint density at radius 2 is 2.12 bits per heavy atom. The lowest BCUT2D eigenvalue weighted by molar-refractivity contribution is -0.279. The molecule has 1 heterocycles. The Hall–Kier alpha value is -0.770. The average molecular weight is 250 g/mol. The number of ether oxygens (including phenoxy) is 1. The van der Waals surface area contributed by atoms with E-state index in [-0.39, 0.29) is 0 Å². The molecule has 8 heteroatoms. The van der Waals surface area contributed by atoms with Crippen molar-refractivity contribution < 1.29 is 30.0 Å². The zero-order chi connectivity index (χ0) is 13.4. The molecule has 0 aromatic carbocycles. The molecule has 17 heavy (non-hydrogen) atoms. The molecule has 8 N–H and O–H groups in total. The number of aliphatic hydroxyl groups excluding tert-OH is 2. The molecule has 1 saturated heterocycles. The van der Waals surface area contributed by atoms with E-state index in [1.807, 2.05) is 0 Å². The van der Waals surface area contributed by atoms with Gasteiger partial charge in [-0.1, -0.05) is 0 Å². The van der Waals surface area contributed by atoms with Gasteiger partial charge in [0.1, 0.15) is 0 Å². The van der Waals surface area contributed by atoms with Crippen molar-refractivity contribution >= 4 is 5.97 Å². The first-order valence-corrected chi connectivity index (χ1v) is 5.20. The number of carbonyl (C=O) groups is 1. The highest BCUT2D eigenvalue weighted by atomic mass is 16.7. The first kappa shape index (κ1) is 14.3. The molecule has 0 saturated carbocycles. The molecule has 0 aromatic heterocycles. The van der Waals surface area contributed by atoms with E-state index in [1.165, 1.54) is 6.92 Å². The van der Waals surface area contributed by atoms with Gasteiger partial charge in [0.2, 0.25) is 0 Å². The standard InChI is InChI=1S/C9H18N2O6/c1-3(12)5(10)7-6(11)4(13)2-9(16,17-7)8(14)15/h3-7,12-13,16H,2,10-11H2,1H3,(H,14,15)/t3-,4-,5+,6+,7-,9-/m0/s1. The van der Waals surface area contributed by atoms with Crippen molar-refractivity contribution in [3.63, 3.8) is 0 Å². The van der Waals surface area contributed by atoms with Crippen LogP contribution in [0.2, 0.25) is 0 Å². The zero-order valence-corrected chi connectivity index (χ0v) is 9.35. The zero-order valence-electron chi connectivity index (χ0n) is 9.35. The summed E-state index contributed by atoms with van der Waals surface area (Å²) in [5.74, 6) is -4.17. The summed E-state index contributed by atoms with van der Waals surface area (Å²) >= 11 is 0. The number of carboxylic acids is 1. The number of hydrogen-bond acceptors (Lipinski definition) is 7. The third kappa shape index (κ3) is 2.73. The van der Waals surface area contributed by atoms with Crippen LogP contribution in [0.25, 0.3) is 0 Å². The molecule has 1 rings (SSSR count). The number of aliphatic carboxylic acids is 1. The Kier molecular flexibility index (Phi) is 4.07. The fraction of sp³-hybridized carbons (Fsp3) is 0.889. The minimum Gasteiger partial charge on any atom is -0.477 e. The molecule has 0 aliphatic carbocycles. The summed E-state index contributed by atoms with van der Waals surface area (Å²) in [5.41, 5.74) is 11.2. The van der Waals surface area contributed by atoms with Gasteiger partial charge in [-0.15, -0.1) is 0 Å². The Morgan fingerprint density at radius 1 is 1.59 bits per heavy atom. The summed E-state index contributed by atoms with van der Waals surface area (Å²) in [4.78, 5) is 10.8. The van der Waals surface area contributed by atoms with Crippen molar-refractivity contribution in [3.8, 4) is 0 Å². The van der Waals surface area contributed by atoms with Gasteiger partial charge in [0, 0.05) is 6.42 Å². The van der Waals surface area contributed by atoms with Gasteiger partial charge in [0.25, 0.3) is 5.79 Å². The summed E-state index contributed by atoms with van der Waals surface area (Å²) in [6.45, 7) is 1.38. The molecule has 0 unspecified atom stereocenters. The Bertz CT molecular complexity index is 295. The number of rotatable bonds is 3. The van der Waals surface area contributed by atoms with Crippen molar-refractivity contribution in [2.75, 3.05) is 0 Å². The molecule has 0 radical (unpaired) electrons. The van der Waals surface area contributed by atoms with Crippen molar-refractivity contribution in [1.82, 2.24) is 0 Å². The predicted octanol–water partition coefficient (Wildman–Crippen LogP) is -3.06. The first-order chi connectivity index (χ1) is 7.69. The first-order valence-electron chi connectivity index (χ1n) is 5.20. The topological polar surface area (TPSA) is 159 Å². The number of carboxylic acid groups (broad SMARTS) is 1. The predicted molar refractivity (Wildman–Crippen MR) is 55.7 cm³/mol. The van der Waals surface area contributed by atoms with E-state index in [9.17, 15) is 20.1 Å². The van der Waals surface area contributed by atoms with Crippen LogP contribution in [0.3, 0.4) is 0 Å². The van der Waals surface area contributed by atoms with Crippen molar-refractivity contribution in [2.24, 2.45) is 11.5 Å². The molecule has 1 aliphatic rings. The smallest absolute Gasteiger partial charge is 0.364 e. The van der Waals surface area contributed by atoms with Gasteiger partial charge < -0.3 is 36.6 Å². The summed E-state index contributed by atoms with van der Waals surface area (Å²) in [6, 6.07) is -1.98. The van der Waals surface area contributed by atoms with Gasteiger partial charge in [-0.25, -0.2) is 4.79 Å². The molecular formula is C9H18N2O6. The molecule has 0 bridgehead atoms. The van der Waals surface area contributed by atoms with E-state index in [2.05, 4.69) is 0 Å². The lowest BCUT2D eigenvalue weighted by Crippen LogP contribution is -2.66. The lowest BCUT2D eigenvalue weighted by Gasteiger charge is -2.43. The highest BCUT2D eigenvalue weighted by Crippen LogP contribution is 2.28. The fourth-order valence-corrected chi connectivity index (χ4v) is 1.74. The van der Waals surface area contributed by atoms with Gasteiger partial charge in [0.15, 0.2) is 0 Å². The monoisotopic (exact) mass is 250 g/mol. The normalized spacial score (nSPS) is 41.9. The van der Waals surface area contributed by atoms with Crippen LogP contribution in [0.5, 0.6) is 0 Å². The maximum atomic E-state index is 10.8. The minimum absolute atomic E-state index is 0.549. The van der Waals surface area contributed by atoms with Crippen LogP contribution in [0.4, 0.5) is 0 Å². The molecule has 0 aromatic rings.